The average Bonchev–Trinajstić information content (AvgIpc) is 4.03. The van der Waals surface area contributed by atoms with E-state index in [4.69, 9.17) is 19.8 Å². The van der Waals surface area contributed by atoms with E-state index < -0.39 is 40.6 Å². The lowest BCUT2D eigenvalue weighted by Crippen LogP contribution is -2.40. The van der Waals surface area contributed by atoms with Crippen LogP contribution in [-0.2, 0) is 21.3 Å². The second-order valence-corrected chi connectivity index (χ2v) is 15.7. The van der Waals surface area contributed by atoms with Crippen LogP contribution in [0.25, 0.3) is 11.2 Å². The number of urea groups is 1. The number of primary sulfonamides is 1. The minimum absolute atomic E-state index is 0.106. The quantitative estimate of drug-likeness (QED) is 0.0868. The number of aliphatic hydroxyl groups is 2. The van der Waals surface area contributed by atoms with Gasteiger partial charge in [-0.3, -0.25) is 4.57 Å². The first-order valence-corrected chi connectivity index (χ1v) is 20.2. The molecule has 308 valence electrons. The van der Waals surface area contributed by atoms with Crippen molar-refractivity contribution < 1.29 is 38.4 Å². The number of nitrogens with two attached hydrogens (primary N) is 1. The van der Waals surface area contributed by atoms with Crippen LogP contribution in [0.4, 0.5) is 22.2 Å². The number of imidazole rings is 1. The van der Waals surface area contributed by atoms with Crippen LogP contribution >= 0.6 is 0 Å². The number of carbonyl (C=O) groups is 1. The summed E-state index contributed by atoms with van der Waals surface area (Å²) in [6, 6.07) is 18.3. The van der Waals surface area contributed by atoms with Gasteiger partial charge in [0.15, 0.2) is 29.3 Å². The van der Waals surface area contributed by atoms with Gasteiger partial charge in [-0.15, -0.1) is 10.2 Å². The lowest BCUT2D eigenvalue weighted by Gasteiger charge is -2.22. The second-order valence-electron chi connectivity index (χ2n) is 14.2. The summed E-state index contributed by atoms with van der Waals surface area (Å²) >= 11 is 0. The van der Waals surface area contributed by atoms with Crippen molar-refractivity contribution in [3.05, 3.63) is 96.1 Å². The molecule has 0 saturated carbocycles. The van der Waals surface area contributed by atoms with Crippen LogP contribution in [0.3, 0.4) is 0 Å². The van der Waals surface area contributed by atoms with Crippen molar-refractivity contribution in [2.24, 2.45) is 5.14 Å². The number of nitrogens with zero attached hydrogens (tertiary/aromatic N) is 9. The van der Waals surface area contributed by atoms with E-state index in [-0.39, 0.29) is 58.0 Å². The monoisotopic (exact) mass is 827 g/mol. The van der Waals surface area contributed by atoms with Gasteiger partial charge in [0.1, 0.15) is 23.7 Å². The molecule has 3 aromatic heterocycles. The van der Waals surface area contributed by atoms with Crippen LogP contribution in [0, 0.1) is 0 Å². The predicted molar refractivity (Wildman–Crippen MR) is 211 cm³/mol. The number of hydrogen-bond acceptors (Lipinski definition) is 16. The fourth-order valence-electron chi connectivity index (χ4n) is 7.17. The Morgan fingerprint density at radius 3 is 2.37 bits per heavy atom. The number of carbonyl (C=O) groups excluding carboxylic acids is 1. The van der Waals surface area contributed by atoms with Gasteiger partial charge in [-0.2, -0.15) is 14.8 Å². The lowest BCUT2D eigenvalue weighted by atomic mass is 9.91. The third-order valence-corrected chi connectivity index (χ3v) is 11.1. The minimum Gasteiger partial charge on any atom is -0.508 e. The molecule has 6 aromatic rings. The molecule has 3 aromatic carbocycles. The first-order chi connectivity index (χ1) is 28.3. The summed E-state index contributed by atoms with van der Waals surface area (Å²) in [5.41, 5.74) is 2.60. The zero-order chi connectivity index (χ0) is 41.4. The predicted octanol–water partition coefficient (Wildman–Crippen LogP) is 1.53. The van der Waals surface area contributed by atoms with Gasteiger partial charge in [-0.05, 0) is 72.1 Å². The zero-order valence-electron chi connectivity index (χ0n) is 31.4. The molecule has 59 heavy (non-hydrogen) atoms. The molecule has 5 atom stereocenters. The molecule has 2 aliphatic heterocycles. The maximum Gasteiger partial charge on any atom is 0.319 e. The summed E-state index contributed by atoms with van der Waals surface area (Å²) in [5, 5.41) is 68.9. The third kappa shape index (κ3) is 8.29. The fraction of sp³-hybridized carbons (Fsp3) is 0.324. The van der Waals surface area contributed by atoms with E-state index in [1.165, 1.54) is 33.9 Å². The van der Waals surface area contributed by atoms with E-state index in [9.17, 15) is 33.6 Å². The number of tetrazole rings is 1. The highest BCUT2D eigenvalue weighted by molar-refractivity contribution is 7.89. The molecule has 5 heterocycles. The topological polar surface area (TPSA) is 294 Å². The van der Waals surface area contributed by atoms with E-state index in [1.807, 2.05) is 36.1 Å². The molecule has 0 aliphatic carbocycles. The number of aromatic hydroxyl groups is 2. The van der Waals surface area contributed by atoms with E-state index >= 15 is 0 Å². The number of ether oxygens (including phenoxy) is 1. The number of hydrogen-bond donors (Lipinski definition) is 8. The average molecular weight is 828 g/mol. The molecule has 2 aliphatic rings. The number of phenols is 2. The van der Waals surface area contributed by atoms with Crippen molar-refractivity contribution in [1.82, 2.24) is 45.0 Å². The Bertz CT molecular complexity index is 2530. The second kappa shape index (κ2) is 16.1. The smallest absolute Gasteiger partial charge is 0.319 e. The number of aliphatic hydroxyl groups excluding tert-OH is 2. The van der Waals surface area contributed by atoms with Crippen LogP contribution in [0.1, 0.15) is 48.5 Å². The molecule has 2 amide bonds. The number of amides is 2. The van der Waals surface area contributed by atoms with Gasteiger partial charge >= 0.3 is 6.03 Å². The SMILES string of the molecule is CCn1nnc([C@H]2O[C@@H](n3cnc4c(NCC(c5ccc(O)cc5)c5ccc(O)cc5)nc(N5CCC(NC(=O)Nc6cccc(S(N)(=O)=O)c6)C5)nc43)[C@H](O)[C@@H]2O)n1. The van der Waals surface area contributed by atoms with Crippen molar-refractivity contribution >= 4 is 44.7 Å². The zero-order valence-corrected chi connectivity index (χ0v) is 32.3. The Morgan fingerprint density at radius 1 is 1.00 bits per heavy atom. The number of aryl methyl sites for hydroxylation is 1. The highest BCUT2D eigenvalue weighted by Crippen LogP contribution is 2.39. The summed E-state index contributed by atoms with van der Waals surface area (Å²) in [7, 11) is -3.97. The normalized spacial score (nSPS) is 20.7. The van der Waals surface area contributed by atoms with Gasteiger partial charge in [0.2, 0.25) is 21.8 Å². The van der Waals surface area contributed by atoms with Crippen molar-refractivity contribution in [3.63, 3.8) is 0 Å². The van der Waals surface area contributed by atoms with Gasteiger partial charge in [0.25, 0.3) is 0 Å². The number of rotatable bonds is 12. The highest BCUT2D eigenvalue weighted by Gasteiger charge is 2.47. The number of nitrogens with one attached hydrogen (secondary N) is 3. The molecule has 0 spiro atoms. The Hall–Kier alpha value is -6.46. The molecule has 0 radical (unpaired) electrons. The number of sulfonamides is 1. The molecule has 0 bridgehead atoms. The van der Waals surface area contributed by atoms with Gasteiger partial charge in [0.05, 0.1) is 17.8 Å². The maximum atomic E-state index is 13.0. The van der Waals surface area contributed by atoms with Crippen LogP contribution < -0.4 is 26.0 Å². The minimum atomic E-state index is -3.97. The van der Waals surface area contributed by atoms with E-state index in [2.05, 4.69) is 36.3 Å². The molecule has 9 N–H and O–H groups in total. The van der Waals surface area contributed by atoms with Crippen LogP contribution in [0.5, 0.6) is 11.5 Å². The third-order valence-electron chi connectivity index (χ3n) is 10.2. The maximum absolute atomic E-state index is 13.0. The Morgan fingerprint density at radius 2 is 1.71 bits per heavy atom. The van der Waals surface area contributed by atoms with E-state index in [0.29, 0.717) is 37.4 Å². The first kappa shape index (κ1) is 39.4. The molecule has 8 rings (SSSR count). The lowest BCUT2D eigenvalue weighted by molar-refractivity contribution is -0.0384. The highest BCUT2D eigenvalue weighted by atomic mass is 32.2. The Labute approximate surface area is 336 Å². The summed E-state index contributed by atoms with van der Waals surface area (Å²) < 4.78 is 31.3. The first-order valence-electron chi connectivity index (χ1n) is 18.7. The van der Waals surface area contributed by atoms with Crippen LogP contribution in [0.15, 0.2) is 84.0 Å². The fourth-order valence-corrected chi connectivity index (χ4v) is 7.72. The van der Waals surface area contributed by atoms with E-state index in [1.54, 1.807) is 30.3 Å². The summed E-state index contributed by atoms with van der Waals surface area (Å²) in [4.78, 5) is 30.5. The number of aromatic nitrogens is 8. The molecule has 2 saturated heterocycles. The number of anilines is 3. The Kier molecular flexibility index (Phi) is 10.7. The summed E-state index contributed by atoms with van der Waals surface area (Å²) in [6.45, 7) is 3.30. The van der Waals surface area contributed by atoms with Crippen molar-refractivity contribution in [3.8, 4) is 11.5 Å². The number of fused-ring (bicyclic) bond motifs is 1. The molecule has 22 heteroatoms. The molecule has 1 unspecified atom stereocenters. The van der Waals surface area contributed by atoms with Gasteiger partial charge in [-0.25, -0.2) is 23.3 Å². The van der Waals surface area contributed by atoms with Crippen LogP contribution in [0.2, 0.25) is 0 Å². The van der Waals surface area contributed by atoms with Gasteiger partial charge in [0, 0.05) is 37.3 Å². The Balaban J connectivity index is 1.09. The number of benzene rings is 3. The van der Waals surface area contributed by atoms with E-state index in [0.717, 1.165) is 11.1 Å². The largest absolute Gasteiger partial charge is 0.508 e. The van der Waals surface area contributed by atoms with Crippen molar-refractivity contribution in [2.75, 3.05) is 35.2 Å². The summed E-state index contributed by atoms with van der Waals surface area (Å²) in [5.74, 6) is 0.661. The standard InChI is InChI=1S/C37H41N13O8S/c1-2-50-46-33(45-47-50)31-29(53)30(54)35(58-31)49-19-40-28-32(39-17-27(20-6-10-24(51)11-7-20)21-8-12-25(52)13-9-21)43-36(44-34(28)49)48-15-14-23(18-48)42-37(55)41-22-4-3-5-26(16-22)59(38,56)57/h3-13,16,19,23,27,29-31,35,51-54H,2,14-15,17-18H2,1H3,(H2,38,56,57)(H,39,43,44)(H2,41,42,55)/t23?,29-,30+,31-,35+/m0/s1. The van der Waals surface area contributed by atoms with Crippen molar-refractivity contribution in [2.45, 2.75) is 61.3 Å². The molecule has 2 fully saturated rings. The van der Waals surface area contributed by atoms with Gasteiger partial charge < -0.3 is 46.0 Å². The molecular formula is C37H41N13O8S. The number of phenolic OH excluding ortho intramolecular Hbond substituents is 2. The molecular weight excluding hydrogens is 787 g/mol. The van der Waals surface area contributed by atoms with Crippen molar-refractivity contribution in [1.29, 1.82) is 0 Å². The van der Waals surface area contributed by atoms with Crippen LogP contribution in [-0.4, -0.2) is 112 Å². The summed E-state index contributed by atoms with van der Waals surface area (Å²) in [6.07, 6.45) is -3.13. The molecule has 21 nitrogen and oxygen atoms in total. The van der Waals surface area contributed by atoms with Gasteiger partial charge in [-0.1, -0.05) is 30.3 Å².